The van der Waals surface area contributed by atoms with Gasteiger partial charge in [0.25, 0.3) is 0 Å². The summed E-state index contributed by atoms with van der Waals surface area (Å²) in [5.41, 5.74) is 2.86. The molecule has 3 aromatic rings. The maximum atomic E-state index is 14.2. The minimum atomic E-state index is -0.958. The Balaban J connectivity index is 1.28. The number of imidazole rings is 1. The number of aromatic nitrogens is 4. The van der Waals surface area contributed by atoms with E-state index in [1.807, 2.05) is 41.1 Å². The number of fused-ring (bicyclic) bond motifs is 1. The van der Waals surface area contributed by atoms with Gasteiger partial charge < -0.3 is 13.8 Å². The molecular formula is C28H26F2N4O2. The highest BCUT2D eigenvalue weighted by Gasteiger charge is 2.18. The minimum Gasteiger partial charge on any atom is -0.493 e. The molecule has 0 saturated carbocycles. The van der Waals surface area contributed by atoms with Crippen molar-refractivity contribution >= 4 is 0 Å². The molecule has 0 spiro atoms. The summed E-state index contributed by atoms with van der Waals surface area (Å²) < 4.78 is 41.1. The van der Waals surface area contributed by atoms with Gasteiger partial charge in [-0.25, -0.2) is 18.7 Å². The maximum Gasteiger partial charge on any atom is 0.169 e. The molecule has 2 aromatic carbocycles. The van der Waals surface area contributed by atoms with Crippen LogP contribution >= 0.6 is 0 Å². The molecule has 0 radical (unpaired) electrons. The van der Waals surface area contributed by atoms with Gasteiger partial charge in [0.15, 0.2) is 23.2 Å². The van der Waals surface area contributed by atoms with E-state index >= 15 is 0 Å². The normalized spacial score (nSPS) is 11.5. The van der Waals surface area contributed by atoms with Crippen molar-refractivity contribution in [2.24, 2.45) is 5.92 Å². The topological polar surface area (TPSA) is 66.0 Å². The molecule has 0 amide bonds. The summed E-state index contributed by atoms with van der Waals surface area (Å²) in [6.45, 7) is 5.50. The van der Waals surface area contributed by atoms with Gasteiger partial charge in [-0.05, 0) is 48.4 Å². The van der Waals surface area contributed by atoms with E-state index in [-0.39, 0.29) is 11.4 Å². The lowest BCUT2D eigenvalue weighted by molar-refractivity contribution is 0.240. The van der Waals surface area contributed by atoms with Crippen LogP contribution in [0, 0.1) is 17.6 Å². The fourth-order valence-corrected chi connectivity index (χ4v) is 4.01. The maximum absolute atomic E-state index is 14.2. The molecule has 0 bridgehead atoms. The number of rotatable bonds is 9. The molecule has 5 rings (SSSR count). The van der Waals surface area contributed by atoms with Crippen LogP contribution in [0.15, 0.2) is 71.5 Å². The third-order valence-corrected chi connectivity index (χ3v) is 6.31. The Morgan fingerprint density at radius 1 is 0.944 bits per heavy atom. The van der Waals surface area contributed by atoms with Crippen LogP contribution in [0.5, 0.6) is 5.75 Å². The van der Waals surface area contributed by atoms with Crippen molar-refractivity contribution in [3.63, 3.8) is 0 Å². The molecule has 3 heterocycles. The van der Waals surface area contributed by atoms with Crippen LogP contribution < -0.4 is 4.74 Å². The summed E-state index contributed by atoms with van der Waals surface area (Å²) >= 11 is 0. The zero-order valence-electron chi connectivity index (χ0n) is 20.1. The number of nitrogens with zero attached hydrogens (tertiary/aromatic N) is 4. The second-order valence-electron chi connectivity index (χ2n) is 8.73. The van der Waals surface area contributed by atoms with E-state index < -0.39 is 11.6 Å². The lowest BCUT2D eigenvalue weighted by Crippen LogP contribution is -2.09. The van der Waals surface area contributed by atoms with Gasteiger partial charge in [-0.15, -0.1) is 0 Å². The van der Waals surface area contributed by atoms with Crippen LogP contribution in [0.3, 0.4) is 0 Å². The van der Waals surface area contributed by atoms with Crippen molar-refractivity contribution in [3.05, 3.63) is 84.4 Å². The van der Waals surface area contributed by atoms with Gasteiger partial charge in [0.05, 0.1) is 24.4 Å². The molecule has 36 heavy (non-hydrogen) atoms. The first-order chi connectivity index (χ1) is 17.5. The summed E-state index contributed by atoms with van der Waals surface area (Å²) in [6, 6.07) is 15.5. The van der Waals surface area contributed by atoms with Gasteiger partial charge in [-0.1, -0.05) is 37.9 Å². The number of hydrogen-bond donors (Lipinski definition) is 0. The van der Waals surface area contributed by atoms with Gasteiger partial charge in [-0.2, -0.15) is 0 Å². The van der Waals surface area contributed by atoms with Crippen LogP contribution in [0.1, 0.15) is 32.4 Å². The van der Waals surface area contributed by atoms with Crippen LogP contribution in [0.25, 0.3) is 34.0 Å². The van der Waals surface area contributed by atoms with E-state index in [0.29, 0.717) is 36.2 Å². The molecule has 0 aliphatic carbocycles. The molecule has 2 aliphatic heterocycles. The molecule has 2 aliphatic rings. The summed E-state index contributed by atoms with van der Waals surface area (Å²) in [4.78, 5) is 8.73. The van der Waals surface area contributed by atoms with Crippen LogP contribution in [0.2, 0.25) is 0 Å². The highest BCUT2D eigenvalue weighted by molar-refractivity contribution is 5.66. The van der Waals surface area contributed by atoms with Crippen LogP contribution in [-0.4, -0.2) is 26.3 Å². The molecular weight excluding hydrogens is 462 g/mol. The summed E-state index contributed by atoms with van der Waals surface area (Å²) in [5, 5.41) is 4.20. The predicted molar refractivity (Wildman–Crippen MR) is 133 cm³/mol. The Bertz CT molecular complexity index is 1420. The van der Waals surface area contributed by atoms with E-state index in [4.69, 9.17) is 9.26 Å². The fraction of sp³-hybridized carbons (Fsp3) is 0.250. The van der Waals surface area contributed by atoms with Gasteiger partial charge in [-0.3, -0.25) is 0 Å². The Morgan fingerprint density at radius 2 is 1.72 bits per heavy atom. The first kappa shape index (κ1) is 23.7. The Hall–Kier alpha value is -4.07. The minimum absolute atomic E-state index is 0.0320. The Labute approximate surface area is 207 Å². The van der Waals surface area contributed by atoms with Gasteiger partial charge in [0.2, 0.25) is 0 Å². The monoisotopic (exact) mass is 488 g/mol. The number of benzene rings is 2. The molecule has 0 N–H and O–H groups in total. The number of pyridine rings is 1. The largest absolute Gasteiger partial charge is 0.493 e. The summed E-state index contributed by atoms with van der Waals surface area (Å²) in [7, 11) is 0. The van der Waals surface area contributed by atoms with E-state index in [1.165, 1.54) is 12.1 Å². The Morgan fingerprint density at radius 3 is 2.50 bits per heavy atom. The van der Waals surface area contributed by atoms with Gasteiger partial charge in [0, 0.05) is 24.0 Å². The summed E-state index contributed by atoms with van der Waals surface area (Å²) in [5.74, 6) is 0.328. The van der Waals surface area contributed by atoms with Gasteiger partial charge in [0.1, 0.15) is 17.1 Å². The fourth-order valence-electron chi connectivity index (χ4n) is 4.01. The second-order valence-corrected chi connectivity index (χ2v) is 8.73. The number of hydrogen-bond acceptors (Lipinski definition) is 5. The molecule has 8 heteroatoms. The summed E-state index contributed by atoms with van der Waals surface area (Å²) in [6.07, 6.45) is 5.83. The van der Waals surface area contributed by atoms with Crippen LogP contribution in [-0.2, 0) is 6.54 Å². The molecule has 184 valence electrons. The van der Waals surface area contributed by atoms with Crippen molar-refractivity contribution in [1.29, 1.82) is 0 Å². The first-order valence-electron chi connectivity index (χ1n) is 12.0. The number of halogens is 2. The average molecular weight is 489 g/mol. The highest BCUT2D eigenvalue weighted by atomic mass is 19.2. The van der Waals surface area contributed by atoms with Crippen molar-refractivity contribution in [1.82, 2.24) is 19.7 Å². The number of ether oxygens (including phenoxy) is 1. The SMILES string of the molecule is CCC(CC)COc1ccc(-c2cc(Cn3ccc4nc(-c5cccc(F)c5F)nc-4c3)on2)cc1. The van der Waals surface area contributed by atoms with E-state index in [9.17, 15) is 8.78 Å². The van der Waals surface area contributed by atoms with Crippen LogP contribution in [0.4, 0.5) is 8.78 Å². The van der Waals surface area contributed by atoms with Crippen molar-refractivity contribution in [2.45, 2.75) is 33.2 Å². The third kappa shape index (κ3) is 4.98. The molecule has 0 atom stereocenters. The van der Waals surface area contributed by atoms with E-state index in [0.717, 1.165) is 35.9 Å². The highest BCUT2D eigenvalue weighted by Crippen LogP contribution is 2.28. The molecule has 1 aromatic heterocycles. The van der Waals surface area contributed by atoms with E-state index in [2.05, 4.69) is 29.0 Å². The lowest BCUT2D eigenvalue weighted by Gasteiger charge is -2.13. The molecule has 0 saturated heterocycles. The zero-order chi connectivity index (χ0) is 25.1. The van der Waals surface area contributed by atoms with Gasteiger partial charge >= 0.3 is 0 Å². The standard InChI is InChI=1S/C28H26F2N4O2/c1-3-18(4-2)17-35-20-10-8-19(9-11-20)25-14-21(36-33-25)15-34-13-12-24-26(16-34)32-28(31-24)22-6-5-7-23(29)27(22)30/h5-14,16,18H,3-4,15,17H2,1-2H3. The zero-order valence-corrected chi connectivity index (χ0v) is 20.1. The predicted octanol–water partition coefficient (Wildman–Crippen LogP) is 6.85. The first-order valence-corrected chi connectivity index (χ1v) is 12.0. The Kier molecular flexibility index (Phi) is 6.75. The molecule has 0 fully saturated rings. The van der Waals surface area contributed by atoms with Crippen molar-refractivity contribution in [2.75, 3.05) is 6.61 Å². The quantitative estimate of drug-likeness (QED) is 0.227. The lowest BCUT2D eigenvalue weighted by atomic mass is 10.1. The molecule has 6 nitrogen and oxygen atoms in total. The van der Waals surface area contributed by atoms with Crippen molar-refractivity contribution in [3.8, 4) is 39.8 Å². The average Bonchev–Trinajstić information content (AvgIpc) is 3.53. The second kappa shape index (κ2) is 10.3. The van der Waals surface area contributed by atoms with Crippen molar-refractivity contribution < 1.29 is 18.0 Å². The molecule has 0 unspecified atom stereocenters. The smallest absolute Gasteiger partial charge is 0.169 e. The van der Waals surface area contributed by atoms with E-state index in [1.54, 1.807) is 12.3 Å². The third-order valence-electron chi connectivity index (χ3n) is 6.31.